The summed E-state index contributed by atoms with van der Waals surface area (Å²) in [4.78, 5) is 0. The largest absolute Gasteiger partial charge is 0.495 e. The van der Waals surface area contributed by atoms with Crippen molar-refractivity contribution in [2.45, 2.75) is 13.5 Å². The second-order valence-electron chi connectivity index (χ2n) is 4.19. The maximum absolute atomic E-state index is 5.99. The highest BCUT2D eigenvalue weighted by Gasteiger charge is 2.06. The molecule has 18 heavy (non-hydrogen) atoms. The van der Waals surface area contributed by atoms with Crippen LogP contribution < -0.4 is 15.8 Å². The first kappa shape index (κ1) is 12.3. The molecule has 0 amide bonds. The zero-order valence-electron chi connectivity index (χ0n) is 10.9. The van der Waals surface area contributed by atoms with Crippen LogP contribution in [0.3, 0.4) is 0 Å². The lowest BCUT2D eigenvalue weighted by atomic mass is 10.2. The summed E-state index contributed by atoms with van der Waals surface area (Å²) in [5, 5.41) is 7.60. The van der Waals surface area contributed by atoms with Gasteiger partial charge >= 0.3 is 0 Å². The van der Waals surface area contributed by atoms with E-state index in [0.717, 1.165) is 16.9 Å². The standard InChI is InChI=1S/C13H18N4O/c1-9-10(8-17(2)16-9)7-15-11-5-4-6-12(18-3)13(11)14/h4-6,8,15H,7,14H2,1-3H3. The number of nitrogen functional groups attached to an aromatic ring is 1. The van der Waals surface area contributed by atoms with Crippen LogP contribution >= 0.6 is 0 Å². The van der Waals surface area contributed by atoms with Crippen molar-refractivity contribution in [1.82, 2.24) is 9.78 Å². The van der Waals surface area contributed by atoms with Gasteiger partial charge in [0.25, 0.3) is 0 Å². The summed E-state index contributed by atoms with van der Waals surface area (Å²) in [6, 6.07) is 5.69. The number of hydrogen-bond acceptors (Lipinski definition) is 4. The van der Waals surface area contributed by atoms with E-state index in [0.29, 0.717) is 18.0 Å². The number of nitrogens with one attached hydrogen (secondary N) is 1. The van der Waals surface area contributed by atoms with Gasteiger partial charge in [-0.05, 0) is 19.1 Å². The minimum atomic E-state index is 0.626. The van der Waals surface area contributed by atoms with Gasteiger partial charge in [0.05, 0.1) is 24.2 Å². The molecule has 1 aromatic carbocycles. The SMILES string of the molecule is COc1cccc(NCc2cn(C)nc2C)c1N. The lowest BCUT2D eigenvalue weighted by Crippen LogP contribution is -2.04. The van der Waals surface area contributed by atoms with Crippen LogP contribution in [0.4, 0.5) is 11.4 Å². The number of ether oxygens (including phenoxy) is 1. The first-order valence-electron chi connectivity index (χ1n) is 5.77. The molecule has 0 saturated heterocycles. The highest BCUT2D eigenvalue weighted by molar-refractivity contribution is 5.72. The fraction of sp³-hybridized carbons (Fsp3) is 0.308. The number of nitrogens with zero attached hydrogens (tertiary/aromatic N) is 2. The normalized spacial score (nSPS) is 10.4. The van der Waals surface area contributed by atoms with Crippen molar-refractivity contribution in [3.63, 3.8) is 0 Å². The minimum absolute atomic E-state index is 0.626. The molecule has 0 fully saturated rings. The van der Waals surface area contributed by atoms with E-state index in [2.05, 4.69) is 10.4 Å². The smallest absolute Gasteiger partial charge is 0.143 e. The molecule has 0 aliphatic heterocycles. The number of hydrogen-bond donors (Lipinski definition) is 2. The van der Waals surface area contributed by atoms with Gasteiger partial charge in [-0.3, -0.25) is 4.68 Å². The van der Waals surface area contributed by atoms with Crippen LogP contribution in [0, 0.1) is 6.92 Å². The Morgan fingerprint density at radius 3 is 2.83 bits per heavy atom. The maximum Gasteiger partial charge on any atom is 0.143 e. The van der Waals surface area contributed by atoms with E-state index in [1.165, 1.54) is 0 Å². The number of anilines is 2. The lowest BCUT2D eigenvalue weighted by Gasteiger charge is -2.11. The molecular formula is C13H18N4O. The van der Waals surface area contributed by atoms with E-state index < -0.39 is 0 Å². The van der Waals surface area contributed by atoms with Gasteiger partial charge in [0.2, 0.25) is 0 Å². The van der Waals surface area contributed by atoms with Gasteiger partial charge < -0.3 is 15.8 Å². The summed E-state index contributed by atoms with van der Waals surface area (Å²) in [5.41, 5.74) is 9.66. The molecule has 0 aliphatic carbocycles. The molecule has 0 aliphatic rings. The third-order valence-electron chi connectivity index (χ3n) is 2.87. The highest BCUT2D eigenvalue weighted by atomic mass is 16.5. The summed E-state index contributed by atoms with van der Waals surface area (Å²) in [5.74, 6) is 0.683. The van der Waals surface area contributed by atoms with E-state index >= 15 is 0 Å². The predicted octanol–water partition coefficient (Wildman–Crippen LogP) is 1.93. The van der Waals surface area contributed by atoms with Crippen LogP contribution in [0.15, 0.2) is 24.4 Å². The topological polar surface area (TPSA) is 65.1 Å². The Bertz CT molecular complexity index is 548. The Balaban J connectivity index is 2.13. The molecule has 96 valence electrons. The molecule has 5 heteroatoms. The number of benzene rings is 1. The van der Waals surface area contributed by atoms with Gasteiger partial charge in [-0.25, -0.2) is 0 Å². The van der Waals surface area contributed by atoms with Crippen molar-refractivity contribution < 1.29 is 4.74 Å². The predicted molar refractivity (Wildman–Crippen MR) is 72.7 cm³/mol. The van der Waals surface area contributed by atoms with E-state index in [1.54, 1.807) is 11.8 Å². The van der Waals surface area contributed by atoms with E-state index in [-0.39, 0.29) is 0 Å². The van der Waals surface area contributed by atoms with Gasteiger partial charge in [-0.1, -0.05) is 6.07 Å². The third-order valence-corrected chi connectivity index (χ3v) is 2.87. The fourth-order valence-electron chi connectivity index (χ4n) is 1.89. The van der Waals surface area contributed by atoms with Crippen molar-refractivity contribution in [3.05, 3.63) is 35.7 Å². The van der Waals surface area contributed by atoms with Crippen LogP contribution in [0.1, 0.15) is 11.3 Å². The zero-order chi connectivity index (χ0) is 13.1. The van der Waals surface area contributed by atoms with Crippen LogP contribution in [-0.4, -0.2) is 16.9 Å². The molecule has 0 unspecified atom stereocenters. The van der Waals surface area contributed by atoms with Crippen molar-refractivity contribution in [2.75, 3.05) is 18.2 Å². The van der Waals surface area contributed by atoms with Gasteiger partial charge in [0.15, 0.2) is 0 Å². The molecule has 1 heterocycles. The van der Waals surface area contributed by atoms with E-state index in [4.69, 9.17) is 10.5 Å². The van der Waals surface area contributed by atoms with Gasteiger partial charge in [0, 0.05) is 25.4 Å². The Labute approximate surface area is 107 Å². The van der Waals surface area contributed by atoms with E-state index in [9.17, 15) is 0 Å². The summed E-state index contributed by atoms with van der Waals surface area (Å²) >= 11 is 0. The molecule has 0 saturated carbocycles. The monoisotopic (exact) mass is 246 g/mol. The van der Waals surface area contributed by atoms with Crippen molar-refractivity contribution >= 4 is 11.4 Å². The molecule has 1 aromatic heterocycles. The number of nitrogens with two attached hydrogens (primary N) is 1. The molecule has 0 spiro atoms. The summed E-state index contributed by atoms with van der Waals surface area (Å²) in [6.07, 6.45) is 2.00. The van der Waals surface area contributed by atoms with Crippen LogP contribution in [0.25, 0.3) is 0 Å². The first-order chi connectivity index (χ1) is 8.61. The number of para-hydroxylation sites is 1. The van der Waals surface area contributed by atoms with Gasteiger partial charge in [-0.15, -0.1) is 0 Å². The van der Waals surface area contributed by atoms with Crippen molar-refractivity contribution in [1.29, 1.82) is 0 Å². The number of rotatable bonds is 4. The molecule has 0 radical (unpaired) electrons. The summed E-state index contributed by atoms with van der Waals surface area (Å²) in [6.45, 7) is 2.68. The zero-order valence-corrected chi connectivity index (χ0v) is 10.9. The average molecular weight is 246 g/mol. The van der Waals surface area contributed by atoms with Crippen molar-refractivity contribution in [3.8, 4) is 5.75 Å². The number of methoxy groups -OCH3 is 1. The Morgan fingerprint density at radius 2 is 2.22 bits per heavy atom. The second kappa shape index (κ2) is 5.00. The average Bonchev–Trinajstić information content (AvgIpc) is 2.66. The van der Waals surface area contributed by atoms with Crippen molar-refractivity contribution in [2.24, 2.45) is 7.05 Å². The Hall–Kier alpha value is -2.17. The van der Waals surface area contributed by atoms with Gasteiger partial charge in [0.1, 0.15) is 5.75 Å². The molecule has 5 nitrogen and oxygen atoms in total. The van der Waals surface area contributed by atoms with Crippen LogP contribution in [0.5, 0.6) is 5.75 Å². The van der Waals surface area contributed by atoms with Crippen LogP contribution in [0.2, 0.25) is 0 Å². The molecule has 0 atom stereocenters. The minimum Gasteiger partial charge on any atom is -0.495 e. The molecular weight excluding hydrogens is 228 g/mol. The maximum atomic E-state index is 5.99. The highest BCUT2D eigenvalue weighted by Crippen LogP contribution is 2.29. The molecule has 2 rings (SSSR count). The van der Waals surface area contributed by atoms with Crippen LogP contribution in [-0.2, 0) is 13.6 Å². The first-order valence-corrected chi connectivity index (χ1v) is 5.77. The molecule has 3 N–H and O–H groups in total. The summed E-state index contributed by atoms with van der Waals surface area (Å²) in [7, 11) is 3.52. The quantitative estimate of drug-likeness (QED) is 0.809. The van der Waals surface area contributed by atoms with E-state index in [1.807, 2.05) is 38.4 Å². The summed E-state index contributed by atoms with van der Waals surface area (Å²) < 4.78 is 6.99. The molecule has 0 bridgehead atoms. The Morgan fingerprint density at radius 1 is 1.44 bits per heavy atom. The number of aryl methyl sites for hydroxylation is 2. The lowest BCUT2D eigenvalue weighted by molar-refractivity contribution is 0.417. The fourth-order valence-corrected chi connectivity index (χ4v) is 1.89. The number of aromatic nitrogens is 2. The van der Waals surface area contributed by atoms with Gasteiger partial charge in [-0.2, -0.15) is 5.10 Å². The Kier molecular flexibility index (Phi) is 3.41. The second-order valence-corrected chi connectivity index (χ2v) is 4.19. The third kappa shape index (κ3) is 2.40. The molecule has 2 aromatic rings.